The molecule has 0 N–H and O–H groups in total. The van der Waals surface area contributed by atoms with Crippen molar-refractivity contribution < 1.29 is 0 Å². The van der Waals surface area contributed by atoms with Gasteiger partial charge in [0.2, 0.25) is 0 Å². The van der Waals surface area contributed by atoms with Crippen LogP contribution >= 0.6 is 0 Å². The number of benzene rings is 1. The number of fused-ring (bicyclic) bond motifs is 1. The summed E-state index contributed by atoms with van der Waals surface area (Å²) in [5.41, 5.74) is 7.36. The molecule has 192 valence electrons. The number of hydrogen-bond donors (Lipinski definition) is 0. The van der Waals surface area contributed by atoms with E-state index < -0.39 is 0 Å². The predicted molar refractivity (Wildman–Crippen MR) is 150 cm³/mol. The Labute approximate surface area is 206 Å². The van der Waals surface area contributed by atoms with E-state index in [1.807, 2.05) is 103 Å². The van der Waals surface area contributed by atoms with E-state index in [2.05, 4.69) is 53.1 Å². The number of hydrogen-bond acceptors (Lipinski definition) is 4. The number of aryl methyl sites for hydroxylation is 5. The van der Waals surface area contributed by atoms with Gasteiger partial charge in [0, 0.05) is 7.05 Å². The van der Waals surface area contributed by atoms with Crippen LogP contribution in [0.3, 0.4) is 0 Å². The molecule has 5 nitrogen and oxygen atoms in total. The summed E-state index contributed by atoms with van der Waals surface area (Å²) < 4.78 is 0. The van der Waals surface area contributed by atoms with Gasteiger partial charge < -0.3 is 0 Å². The van der Waals surface area contributed by atoms with E-state index in [9.17, 15) is 0 Å². The molecule has 0 spiro atoms. The summed E-state index contributed by atoms with van der Waals surface area (Å²) in [5.74, 6) is 0.480. The summed E-state index contributed by atoms with van der Waals surface area (Å²) in [4.78, 5) is 10.5. The van der Waals surface area contributed by atoms with E-state index in [1.54, 1.807) is 4.80 Å². The molecule has 1 aromatic carbocycles. The molecular weight excluding hydrogens is 406 g/mol. The molecule has 0 unspecified atom stereocenters. The highest BCUT2D eigenvalue weighted by Crippen LogP contribution is 2.14. The second-order valence-corrected chi connectivity index (χ2v) is 6.20. The number of rotatable bonds is 1. The van der Waals surface area contributed by atoms with Gasteiger partial charge >= 0.3 is 0 Å². The van der Waals surface area contributed by atoms with Gasteiger partial charge in [0.25, 0.3) is 0 Å². The van der Waals surface area contributed by atoms with Gasteiger partial charge in [-0.3, -0.25) is 0 Å². The molecule has 0 amide bonds. The monoisotopic (exact) mass is 461 g/mol. The lowest BCUT2D eigenvalue weighted by atomic mass is 10.1. The van der Waals surface area contributed by atoms with Crippen molar-refractivity contribution in [2.75, 3.05) is 0 Å². The normalized spacial score (nSPS) is 8.42. The molecule has 5 heteroatoms. The predicted octanol–water partition coefficient (Wildman–Crippen LogP) is 8.93. The lowest BCUT2D eigenvalue weighted by molar-refractivity contribution is 0.635. The van der Waals surface area contributed by atoms with Gasteiger partial charge in [-0.15, -0.1) is 0 Å². The van der Waals surface area contributed by atoms with Crippen molar-refractivity contribution in [3.63, 3.8) is 0 Å². The standard InChI is InChI=1S/C11H12N2.C7H13N3.5C2H6/c1-7-4-5-10-11(6-7)13-9(3)8(2)12-10;1-5(2)7-6(3)8-10(4)9-7;5*1-2/h4-6H,1-3H3;5H,1-4H3;5*1-2H3. The Hall–Kier alpha value is -2.30. The Morgan fingerprint density at radius 1 is 0.606 bits per heavy atom. The van der Waals surface area contributed by atoms with Crippen LogP contribution < -0.4 is 0 Å². The van der Waals surface area contributed by atoms with Crippen molar-refractivity contribution in [2.24, 2.45) is 7.05 Å². The summed E-state index contributed by atoms with van der Waals surface area (Å²) in [5, 5.41) is 8.35. The minimum absolute atomic E-state index is 0.480. The fourth-order valence-corrected chi connectivity index (χ4v) is 2.39. The molecule has 0 atom stereocenters. The molecule has 2 aromatic heterocycles. The fraction of sp³-hybridized carbons (Fsp3) is 0.643. The zero-order valence-corrected chi connectivity index (χ0v) is 25.0. The first-order chi connectivity index (χ1) is 15.8. The Morgan fingerprint density at radius 2 is 1.03 bits per heavy atom. The average molecular weight is 462 g/mol. The van der Waals surface area contributed by atoms with Crippen molar-refractivity contribution >= 4 is 11.0 Å². The summed E-state index contributed by atoms with van der Waals surface area (Å²) in [6, 6.07) is 6.14. The molecule has 0 saturated heterocycles. The smallest absolute Gasteiger partial charge is 0.0892 e. The van der Waals surface area contributed by atoms with Crippen LogP contribution in [0.25, 0.3) is 11.0 Å². The Balaban J connectivity index is -0.000000188. The average Bonchev–Trinajstić information content (AvgIpc) is 3.20. The maximum absolute atomic E-state index is 4.47. The summed E-state index contributed by atoms with van der Waals surface area (Å²) in [6.45, 7) is 32.3. The SMILES string of the molecule is CC.CC.CC.CC.CC.Cc1ccc2nc(C)c(C)nc2c1.Cc1nn(C)nc1C(C)C. The van der Waals surface area contributed by atoms with E-state index in [1.165, 1.54) is 5.56 Å². The van der Waals surface area contributed by atoms with E-state index in [0.29, 0.717) is 5.92 Å². The van der Waals surface area contributed by atoms with Crippen LogP contribution in [0.5, 0.6) is 0 Å². The highest BCUT2D eigenvalue weighted by Gasteiger charge is 2.07. The maximum atomic E-state index is 4.47. The largest absolute Gasteiger partial charge is 0.250 e. The molecule has 2 heterocycles. The molecule has 0 saturated carbocycles. The Morgan fingerprint density at radius 3 is 1.36 bits per heavy atom. The first-order valence-corrected chi connectivity index (χ1v) is 12.9. The third-order valence-electron chi connectivity index (χ3n) is 3.70. The Bertz CT molecular complexity index is 821. The lowest BCUT2D eigenvalue weighted by Gasteiger charge is -2.02. The van der Waals surface area contributed by atoms with E-state index >= 15 is 0 Å². The van der Waals surface area contributed by atoms with Gasteiger partial charge in [-0.1, -0.05) is 89.2 Å². The molecule has 0 aliphatic rings. The number of nitrogens with zero attached hydrogens (tertiary/aromatic N) is 5. The van der Waals surface area contributed by atoms with Crippen molar-refractivity contribution in [2.45, 2.75) is 117 Å². The zero-order valence-electron chi connectivity index (χ0n) is 25.0. The third-order valence-corrected chi connectivity index (χ3v) is 3.70. The molecule has 3 aromatic rings. The van der Waals surface area contributed by atoms with E-state index in [0.717, 1.165) is 33.8 Å². The summed E-state index contributed by atoms with van der Waals surface area (Å²) in [7, 11) is 1.85. The van der Waals surface area contributed by atoms with Gasteiger partial charge in [-0.25, -0.2) is 9.97 Å². The quantitative estimate of drug-likeness (QED) is 0.363. The first-order valence-electron chi connectivity index (χ1n) is 12.9. The van der Waals surface area contributed by atoms with E-state index in [4.69, 9.17) is 0 Å². The summed E-state index contributed by atoms with van der Waals surface area (Å²) in [6.07, 6.45) is 0. The van der Waals surface area contributed by atoms with Crippen LogP contribution in [0.1, 0.15) is 117 Å². The molecule has 0 bridgehead atoms. The van der Waals surface area contributed by atoms with Crippen LogP contribution in [-0.2, 0) is 7.05 Å². The summed E-state index contributed by atoms with van der Waals surface area (Å²) >= 11 is 0. The minimum atomic E-state index is 0.480. The molecule has 0 radical (unpaired) electrons. The Kier molecular flexibility index (Phi) is 28.0. The van der Waals surface area contributed by atoms with Crippen LogP contribution in [0.2, 0.25) is 0 Å². The maximum Gasteiger partial charge on any atom is 0.0892 e. The molecule has 0 fully saturated rings. The third kappa shape index (κ3) is 15.2. The minimum Gasteiger partial charge on any atom is -0.250 e. The lowest BCUT2D eigenvalue weighted by Crippen LogP contribution is -1.94. The van der Waals surface area contributed by atoms with Gasteiger partial charge in [0.15, 0.2) is 0 Å². The molecular formula is C28H55N5. The van der Waals surface area contributed by atoms with Gasteiger partial charge in [0.05, 0.1) is 33.8 Å². The van der Waals surface area contributed by atoms with Crippen molar-refractivity contribution in [3.8, 4) is 0 Å². The van der Waals surface area contributed by atoms with Crippen molar-refractivity contribution in [3.05, 3.63) is 46.5 Å². The van der Waals surface area contributed by atoms with Gasteiger partial charge in [-0.05, 0) is 51.3 Å². The molecule has 3 rings (SSSR count). The topological polar surface area (TPSA) is 56.5 Å². The molecule has 33 heavy (non-hydrogen) atoms. The fourth-order valence-electron chi connectivity index (χ4n) is 2.39. The molecule has 0 aliphatic heterocycles. The van der Waals surface area contributed by atoms with Crippen molar-refractivity contribution in [1.82, 2.24) is 25.0 Å². The molecule has 0 aliphatic carbocycles. The van der Waals surface area contributed by atoms with Gasteiger partial charge in [0.1, 0.15) is 0 Å². The van der Waals surface area contributed by atoms with Crippen LogP contribution in [0.15, 0.2) is 18.2 Å². The highest BCUT2D eigenvalue weighted by molar-refractivity contribution is 5.75. The van der Waals surface area contributed by atoms with E-state index in [-0.39, 0.29) is 0 Å². The van der Waals surface area contributed by atoms with Crippen LogP contribution in [0.4, 0.5) is 0 Å². The second-order valence-electron chi connectivity index (χ2n) is 6.20. The zero-order chi connectivity index (χ0) is 27.1. The van der Waals surface area contributed by atoms with Crippen LogP contribution in [0, 0.1) is 27.7 Å². The number of aromatic nitrogens is 5. The first kappa shape index (κ1) is 38.0. The van der Waals surface area contributed by atoms with Crippen molar-refractivity contribution in [1.29, 1.82) is 0 Å². The van der Waals surface area contributed by atoms with Crippen LogP contribution in [-0.4, -0.2) is 25.0 Å². The highest BCUT2D eigenvalue weighted by atomic mass is 15.5. The second kappa shape index (κ2) is 24.3. The van der Waals surface area contributed by atoms with Gasteiger partial charge in [-0.2, -0.15) is 15.0 Å².